The molecule has 0 saturated carbocycles. The third-order valence-electron chi connectivity index (χ3n) is 5.31. The van der Waals surface area contributed by atoms with Crippen LogP contribution in [0.5, 0.6) is 11.5 Å². The highest BCUT2D eigenvalue weighted by molar-refractivity contribution is 9.10. The van der Waals surface area contributed by atoms with Gasteiger partial charge >= 0.3 is 0 Å². The Morgan fingerprint density at radius 1 is 1.06 bits per heavy atom. The molecule has 0 saturated heterocycles. The van der Waals surface area contributed by atoms with E-state index in [4.69, 9.17) is 9.47 Å². The number of hydrogen-bond acceptors (Lipinski definition) is 5. The predicted molar refractivity (Wildman–Crippen MR) is 136 cm³/mol. The van der Waals surface area contributed by atoms with E-state index in [-0.39, 0.29) is 5.56 Å². The van der Waals surface area contributed by atoms with Gasteiger partial charge in [-0.05, 0) is 55.3 Å². The summed E-state index contributed by atoms with van der Waals surface area (Å²) in [5, 5.41) is 0. The molecule has 0 aliphatic rings. The van der Waals surface area contributed by atoms with Gasteiger partial charge in [0.15, 0.2) is 16.5 Å². The molecule has 33 heavy (non-hydrogen) atoms. The average Bonchev–Trinajstić information content (AvgIpc) is 3.32. The second-order valence-electron chi connectivity index (χ2n) is 7.66. The van der Waals surface area contributed by atoms with Gasteiger partial charge in [0, 0.05) is 4.47 Å². The summed E-state index contributed by atoms with van der Waals surface area (Å²) in [6.45, 7) is 4.94. The first-order valence-electron chi connectivity index (χ1n) is 10.6. The van der Waals surface area contributed by atoms with E-state index in [1.165, 1.54) is 16.9 Å². The number of para-hydroxylation sites is 2. The quantitative estimate of drug-likeness (QED) is 0.296. The van der Waals surface area contributed by atoms with Crippen LogP contribution in [0.2, 0.25) is 0 Å². The Kier molecular flexibility index (Phi) is 5.91. The Balaban J connectivity index is 1.52. The Bertz CT molecular complexity index is 1570. The van der Waals surface area contributed by atoms with E-state index in [0.29, 0.717) is 34.2 Å². The number of hydrogen-bond donors (Lipinski definition) is 0. The fourth-order valence-corrected chi connectivity index (χ4v) is 5.06. The van der Waals surface area contributed by atoms with Crippen molar-refractivity contribution in [2.45, 2.75) is 20.5 Å². The van der Waals surface area contributed by atoms with Crippen LogP contribution in [0.4, 0.5) is 0 Å². The number of thiazole rings is 1. The second kappa shape index (κ2) is 9.00. The van der Waals surface area contributed by atoms with E-state index in [9.17, 15) is 4.79 Å². The minimum Gasteiger partial charge on any atom is -0.490 e. The van der Waals surface area contributed by atoms with Crippen LogP contribution >= 0.6 is 27.3 Å². The number of imidazole rings is 1. The largest absolute Gasteiger partial charge is 0.490 e. The lowest BCUT2D eigenvalue weighted by atomic mass is 10.1. The Hall–Kier alpha value is -3.16. The van der Waals surface area contributed by atoms with Crippen molar-refractivity contribution in [3.8, 4) is 11.5 Å². The summed E-state index contributed by atoms with van der Waals surface area (Å²) in [6, 6.07) is 19.7. The molecule has 0 aliphatic carbocycles. The van der Waals surface area contributed by atoms with Crippen LogP contribution < -0.4 is 19.6 Å². The van der Waals surface area contributed by atoms with E-state index in [0.717, 1.165) is 26.6 Å². The maximum Gasteiger partial charge on any atom is 0.274 e. The van der Waals surface area contributed by atoms with E-state index < -0.39 is 0 Å². The first-order valence-corrected chi connectivity index (χ1v) is 12.2. The molecule has 2 aromatic heterocycles. The highest BCUT2D eigenvalue weighted by Gasteiger charge is 2.13. The van der Waals surface area contributed by atoms with Crippen LogP contribution in [0.3, 0.4) is 0 Å². The van der Waals surface area contributed by atoms with Gasteiger partial charge in [0.2, 0.25) is 0 Å². The maximum atomic E-state index is 13.1. The van der Waals surface area contributed by atoms with Crippen LogP contribution in [0.25, 0.3) is 22.1 Å². The van der Waals surface area contributed by atoms with E-state index >= 15 is 0 Å². The molecule has 0 atom stereocenters. The smallest absolute Gasteiger partial charge is 0.274 e. The number of benzene rings is 3. The molecule has 3 aromatic carbocycles. The summed E-state index contributed by atoms with van der Waals surface area (Å²) >= 11 is 5.01. The fraction of sp³-hybridized carbons (Fsp3) is 0.154. The lowest BCUT2D eigenvalue weighted by Crippen LogP contribution is -2.22. The van der Waals surface area contributed by atoms with Gasteiger partial charge in [0.25, 0.3) is 5.56 Å². The molecule has 0 N–H and O–H groups in total. The molecule has 7 heteroatoms. The molecule has 0 amide bonds. The third-order valence-corrected chi connectivity index (χ3v) is 6.97. The fourth-order valence-electron chi connectivity index (χ4n) is 3.64. The van der Waals surface area contributed by atoms with Crippen molar-refractivity contribution in [2.75, 3.05) is 6.61 Å². The standard InChI is InChI=1S/C26H21BrN2O3S/c1-3-31-22-12-18(19(27)14-23(22)32-15-17-10-8-16(2)9-11-17)13-24-25(30)29-21-7-5-4-6-20(21)28-26(29)33-24/h4-14H,3,15H2,1-2H3. The highest BCUT2D eigenvalue weighted by Crippen LogP contribution is 2.35. The summed E-state index contributed by atoms with van der Waals surface area (Å²) in [4.78, 5) is 18.4. The van der Waals surface area contributed by atoms with Gasteiger partial charge in [-0.3, -0.25) is 4.79 Å². The van der Waals surface area contributed by atoms with Crippen molar-refractivity contribution in [3.63, 3.8) is 0 Å². The third kappa shape index (κ3) is 4.26. The molecule has 0 bridgehead atoms. The number of rotatable bonds is 6. The molecule has 0 fully saturated rings. The number of fused-ring (bicyclic) bond motifs is 3. The van der Waals surface area contributed by atoms with E-state index in [2.05, 4.69) is 52.1 Å². The molecule has 0 radical (unpaired) electrons. The Morgan fingerprint density at radius 3 is 2.61 bits per heavy atom. The van der Waals surface area contributed by atoms with E-state index in [1.807, 2.05) is 49.4 Å². The monoisotopic (exact) mass is 520 g/mol. The molecule has 166 valence electrons. The number of aryl methyl sites for hydroxylation is 1. The van der Waals surface area contributed by atoms with Crippen LogP contribution in [0, 0.1) is 6.92 Å². The summed E-state index contributed by atoms with van der Waals surface area (Å²) in [7, 11) is 0. The van der Waals surface area contributed by atoms with Crippen molar-refractivity contribution in [3.05, 3.63) is 96.7 Å². The van der Waals surface area contributed by atoms with Gasteiger partial charge in [-0.15, -0.1) is 0 Å². The lowest BCUT2D eigenvalue weighted by molar-refractivity contribution is 0.269. The summed E-state index contributed by atoms with van der Waals surface area (Å²) < 4.78 is 15.0. The van der Waals surface area contributed by atoms with Crippen molar-refractivity contribution >= 4 is 49.3 Å². The first kappa shape index (κ1) is 21.7. The van der Waals surface area contributed by atoms with Crippen LogP contribution in [0.1, 0.15) is 23.6 Å². The normalized spacial score (nSPS) is 12.0. The number of ether oxygens (including phenoxy) is 2. The zero-order valence-electron chi connectivity index (χ0n) is 18.2. The van der Waals surface area contributed by atoms with Crippen molar-refractivity contribution in [2.24, 2.45) is 0 Å². The molecular weight excluding hydrogens is 500 g/mol. The summed E-state index contributed by atoms with van der Waals surface area (Å²) in [5.41, 5.74) is 4.70. The minimum atomic E-state index is -0.0757. The SMILES string of the molecule is CCOc1cc(C=c2sc3nc4ccccc4n3c2=O)c(Br)cc1OCc1ccc(C)cc1. The van der Waals surface area contributed by atoms with Gasteiger partial charge in [0.1, 0.15) is 6.61 Å². The number of halogens is 1. The molecule has 5 rings (SSSR count). The predicted octanol–water partition coefficient (Wildman–Crippen LogP) is 5.51. The van der Waals surface area contributed by atoms with Crippen molar-refractivity contribution in [1.29, 1.82) is 0 Å². The van der Waals surface area contributed by atoms with Crippen LogP contribution in [0.15, 0.2) is 69.9 Å². The maximum absolute atomic E-state index is 13.1. The molecule has 5 nitrogen and oxygen atoms in total. The van der Waals surface area contributed by atoms with Crippen LogP contribution in [-0.4, -0.2) is 16.0 Å². The molecule has 2 heterocycles. The molecule has 0 aliphatic heterocycles. The highest BCUT2D eigenvalue weighted by atomic mass is 79.9. The zero-order valence-corrected chi connectivity index (χ0v) is 20.6. The van der Waals surface area contributed by atoms with Gasteiger partial charge in [-0.25, -0.2) is 9.38 Å². The second-order valence-corrected chi connectivity index (χ2v) is 9.53. The van der Waals surface area contributed by atoms with Gasteiger partial charge < -0.3 is 9.47 Å². The van der Waals surface area contributed by atoms with Gasteiger partial charge in [-0.1, -0.05) is 69.2 Å². The summed E-state index contributed by atoms with van der Waals surface area (Å²) in [6.07, 6.45) is 1.87. The number of aromatic nitrogens is 2. The summed E-state index contributed by atoms with van der Waals surface area (Å²) in [5.74, 6) is 1.29. The average molecular weight is 521 g/mol. The van der Waals surface area contributed by atoms with Gasteiger partial charge in [0.05, 0.1) is 22.2 Å². The number of nitrogens with zero attached hydrogens (tertiary/aromatic N) is 2. The van der Waals surface area contributed by atoms with Crippen molar-refractivity contribution < 1.29 is 9.47 Å². The van der Waals surface area contributed by atoms with E-state index in [1.54, 1.807) is 4.40 Å². The lowest BCUT2D eigenvalue weighted by Gasteiger charge is -2.14. The zero-order chi connectivity index (χ0) is 22.9. The van der Waals surface area contributed by atoms with Crippen LogP contribution in [-0.2, 0) is 6.61 Å². The molecule has 5 aromatic rings. The Morgan fingerprint density at radius 2 is 1.82 bits per heavy atom. The Labute approximate surface area is 203 Å². The topological polar surface area (TPSA) is 52.8 Å². The van der Waals surface area contributed by atoms with Crippen molar-refractivity contribution in [1.82, 2.24) is 9.38 Å². The minimum absolute atomic E-state index is 0.0757. The van der Waals surface area contributed by atoms with Gasteiger partial charge in [-0.2, -0.15) is 0 Å². The first-order chi connectivity index (χ1) is 16.0. The molecule has 0 unspecified atom stereocenters. The molecular formula is C26H21BrN2O3S. The molecule has 0 spiro atoms.